The first-order valence-corrected chi connectivity index (χ1v) is 6.18. The average Bonchev–Trinajstić information content (AvgIpc) is 2.37. The number of carbonyl (C=O) groups is 1. The van der Waals surface area contributed by atoms with E-state index in [0.29, 0.717) is 12.1 Å². The largest absolute Gasteiger partial charge is 0.323 e. The van der Waals surface area contributed by atoms with Crippen LogP contribution in [0.2, 0.25) is 0 Å². The van der Waals surface area contributed by atoms with E-state index in [0.717, 1.165) is 12.8 Å². The van der Waals surface area contributed by atoms with E-state index in [9.17, 15) is 9.18 Å². The second-order valence-electron chi connectivity index (χ2n) is 4.24. The number of para-hydroxylation sites is 1. The number of halogens is 1. The molecule has 94 valence electrons. The Labute approximate surface area is 102 Å². The number of hydrogen-bond acceptors (Lipinski definition) is 1. The van der Waals surface area contributed by atoms with Crippen molar-refractivity contribution in [3.63, 3.8) is 0 Å². The summed E-state index contributed by atoms with van der Waals surface area (Å²) in [5.41, 5.74) is -1.10. The number of nitrogens with one attached hydrogen (secondary N) is 1. The first kappa shape index (κ1) is 13.7. The zero-order valence-electron chi connectivity index (χ0n) is 10.5. The quantitative estimate of drug-likeness (QED) is 0.798. The van der Waals surface area contributed by atoms with Crippen LogP contribution in [0, 0.1) is 0 Å². The van der Waals surface area contributed by atoms with Gasteiger partial charge in [-0.3, -0.25) is 4.79 Å². The van der Waals surface area contributed by atoms with Crippen molar-refractivity contribution in [3.8, 4) is 0 Å². The Bertz CT molecular complexity index is 352. The van der Waals surface area contributed by atoms with Gasteiger partial charge in [0.2, 0.25) is 0 Å². The lowest BCUT2D eigenvalue weighted by Gasteiger charge is -2.22. The molecule has 1 rings (SSSR count). The van der Waals surface area contributed by atoms with Gasteiger partial charge in [0.05, 0.1) is 0 Å². The Kier molecular flexibility index (Phi) is 5.13. The van der Waals surface area contributed by atoms with Gasteiger partial charge in [0, 0.05) is 5.69 Å². The van der Waals surface area contributed by atoms with Gasteiger partial charge in [-0.1, -0.05) is 38.5 Å². The van der Waals surface area contributed by atoms with E-state index in [1.165, 1.54) is 0 Å². The summed E-state index contributed by atoms with van der Waals surface area (Å²) in [5.74, 6) is -0.528. The van der Waals surface area contributed by atoms with Crippen LogP contribution < -0.4 is 5.32 Å². The van der Waals surface area contributed by atoms with Crippen molar-refractivity contribution in [2.24, 2.45) is 0 Å². The van der Waals surface area contributed by atoms with Crippen LogP contribution in [-0.4, -0.2) is 11.6 Å². The Morgan fingerprint density at radius 3 is 2.47 bits per heavy atom. The maximum absolute atomic E-state index is 14.4. The molecule has 1 amide bonds. The van der Waals surface area contributed by atoms with Gasteiger partial charge in [-0.05, 0) is 31.4 Å². The van der Waals surface area contributed by atoms with E-state index in [4.69, 9.17) is 0 Å². The van der Waals surface area contributed by atoms with Gasteiger partial charge in [0.25, 0.3) is 5.91 Å². The Balaban J connectivity index is 2.66. The van der Waals surface area contributed by atoms with Crippen LogP contribution in [0.4, 0.5) is 10.1 Å². The van der Waals surface area contributed by atoms with Crippen molar-refractivity contribution in [1.29, 1.82) is 0 Å². The molecule has 0 fully saturated rings. The number of carbonyl (C=O) groups excluding carboxylic acids is 1. The summed E-state index contributed by atoms with van der Waals surface area (Å²) >= 11 is 0. The lowest BCUT2D eigenvalue weighted by Crippen LogP contribution is -2.38. The third-order valence-corrected chi connectivity index (χ3v) is 2.93. The number of benzene rings is 1. The highest BCUT2D eigenvalue weighted by atomic mass is 19.1. The topological polar surface area (TPSA) is 29.1 Å². The maximum Gasteiger partial charge on any atom is 0.262 e. The molecule has 0 bridgehead atoms. The van der Waals surface area contributed by atoms with Crippen LogP contribution in [0.3, 0.4) is 0 Å². The zero-order valence-corrected chi connectivity index (χ0v) is 10.5. The molecule has 0 aliphatic carbocycles. The second-order valence-corrected chi connectivity index (χ2v) is 4.24. The average molecular weight is 237 g/mol. The highest BCUT2D eigenvalue weighted by molar-refractivity contribution is 5.97. The van der Waals surface area contributed by atoms with Gasteiger partial charge in [-0.25, -0.2) is 4.39 Å². The first-order valence-electron chi connectivity index (χ1n) is 6.18. The van der Waals surface area contributed by atoms with Crippen molar-refractivity contribution in [2.75, 3.05) is 5.32 Å². The number of anilines is 1. The summed E-state index contributed by atoms with van der Waals surface area (Å²) in [5, 5.41) is 2.63. The van der Waals surface area contributed by atoms with Crippen molar-refractivity contribution < 1.29 is 9.18 Å². The van der Waals surface area contributed by atoms with Crippen molar-refractivity contribution in [3.05, 3.63) is 30.3 Å². The first-order chi connectivity index (χ1) is 8.12. The molecule has 0 saturated carbocycles. The van der Waals surface area contributed by atoms with E-state index in [1.54, 1.807) is 19.1 Å². The number of alkyl halides is 1. The van der Waals surface area contributed by atoms with Crippen LogP contribution in [0.5, 0.6) is 0 Å². The minimum Gasteiger partial charge on any atom is -0.323 e. The maximum atomic E-state index is 14.4. The predicted octanol–water partition coefficient (Wildman–Crippen LogP) is 3.93. The van der Waals surface area contributed by atoms with E-state index in [2.05, 4.69) is 5.32 Å². The summed E-state index contributed by atoms with van der Waals surface area (Å²) in [4.78, 5) is 11.9. The zero-order chi connectivity index (χ0) is 12.7. The molecule has 1 aromatic carbocycles. The highest BCUT2D eigenvalue weighted by Crippen LogP contribution is 2.25. The molecule has 0 aromatic heterocycles. The standard InChI is InChI=1S/C14H20FNO/c1-3-5-11-14(15,4-2)13(17)16-12-9-7-6-8-10-12/h6-10H,3-5,11H2,1-2H3,(H,16,17)/t14-/m1/s1. The van der Waals surface area contributed by atoms with Crippen molar-refractivity contribution in [2.45, 2.75) is 45.2 Å². The monoisotopic (exact) mass is 237 g/mol. The molecule has 2 nitrogen and oxygen atoms in total. The van der Waals surface area contributed by atoms with E-state index in [1.807, 2.05) is 25.1 Å². The number of unbranched alkanes of at least 4 members (excludes halogenated alkanes) is 1. The predicted molar refractivity (Wildman–Crippen MR) is 68.7 cm³/mol. The Morgan fingerprint density at radius 1 is 1.29 bits per heavy atom. The minimum atomic E-state index is -1.74. The molecule has 0 unspecified atom stereocenters. The summed E-state index contributed by atoms with van der Waals surface area (Å²) < 4.78 is 14.4. The number of hydrogen-bond donors (Lipinski definition) is 1. The Morgan fingerprint density at radius 2 is 1.94 bits per heavy atom. The summed E-state index contributed by atoms with van der Waals surface area (Å²) in [6.07, 6.45) is 2.13. The molecular weight excluding hydrogens is 217 g/mol. The van der Waals surface area contributed by atoms with Crippen LogP contribution in [0.1, 0.15) is 39.5 Å². The molecule has 1 aromatic rings. The van der Waals surface area contributed by atoms with Crippen LogP contribution >= 0.6 is 0 Å². The molecule has 0 aliphatic rings. The van der Waals surface area contributed by atoms with Gasteiger partial charge >= 0.3 is 0 Å². The molecule has 3 heteroatoms. The molecule has 1 atom stereocenters. The van der Waals surface area contributed by atoms with E-state index in [-0.39, 0.29) is 6.42 Å². The summed E-state index contributed by atoms with van der Waals surface area (Å²) in [6, 6.07) is 9.00. The number of amides is 1. The fourth-order valence-corrected chi connectivity index (χ4v) is 1.67. The fraction of sp³-hybridized carbons (Fsp3) is 0.500. The SMILES string of the molecule is CCCC[C@](F)(CC)C(=O)Nc1ccccc1. The van der Waals surface area contributed by atoms with Gasteiger partial charge in [0.15, 0.2) is 5.67 Å². The molecule has 0 saturated heterocycles. The third kappa shape index (κ3) is 3.84. The molecule has 0 radical (unpaired) electrons. The van der Waals surface area contributed by atoms with Crippen LogP contribution in [-0.2, 0) is 4.79 Å². The van der Waals surface area contributed by atoms with Crippen molar-refractivity contribution in [1.82, 2.24) is 0 Å². The lowest BCUT2D eigenvalue weighted by molar-refractivity contribution is -0.128. The van der Waals surface area contributed by atoms with Crippen molar-refractivity contribution >= 4 is 11.6 Å². The molecule has 17 heavy (non-hydrogen) atoms. The van der Waals surface area contributed by atoms with Gasteiger partial charge in [0.1, 0.15) is 0 Å². The smallest absolute Gasteiger partial charge is 0.262 e. The second kappa shape index (κ2) is 6.38. The van der Waals surface area contributed by atoms with Crippen LogP contribution in [0.15, 0.2) is 30.3 Å². The number of rotatable bonds is 6. The highest BCUT2D eigenvalue weighted by Gasteiger charge is 2.35. The van der Waals surface area contributed by atoms with Crippen LogP contribution in [0.25, 0.3) is 0 Å². The van der Waals surface area contributed by atoms with Gasteiger partial charge < -0.3 is 5.32 Å². The molecule has 0 aliphatic heterocycles. The van der Waals surface area contributed by atoms with Gasteiger partial charge in [-0.15, -0.1) is 0 Å². The summed E-state index contributed by atoms with van der Waals surface area (Å²) in [7, 11) is 0. The molecular formula is C14H20FNO. The Hall–Kier alpha value is -1.38. The normalized spacial score (nSPS) is 14.1. The third-order valence-electron chi connectivity index (χ3n) is 2.93. The summed E-state index contributed by atoms with van der Waals surface area (Å²) in [6.45, 7) is 3.70. The molecule has 1 N–H and O–H groups in total. The van der Waals surface area contributed by atoms with E-state index >= 15 is 0 Å². The molecule has 0 spiro atoms. The fourth-order valence-electron chi connectivity index (χ4n) is 1.67. The molecule has 0 heterocycles. The van der Waals surface area contributed by atoms with E-state index < -0.39 is 11.6 Å². The lowest BCUT2D eigenvalue weighted by atomic mass is 9.94. The minimum absolute atomic E-state index is 0.214. The van der Waals surface area contributed by atoms with Gasteiger partial charge in [-0.2, -0.15) is 0 Å².